The number of fused-ring (bicyclic) bond motifs is 1. The Balaban J connectivity index is 1.24. The van der Waals surface area contributed by atoms with Crippen molar-refractivity contribution >= 4 is 44.1 Å². The molecule has 0 saturated carbocycles. The Labute approximate surface area is 249 Å². The van der Waals surface area contributed by atoms with Gasteiger partial charge >= 0.3 is 5.76 Å². The van der Waals surface area contributed by atoms with E-state index >= 15 is 0 Å². The number of rotatable bonds is 7. The molecule has 1 aliphatic heterocycles. The number of amides is 2. The normalized spacial score (nSPS) is 13.8. The van der Waals surface area contributed by atoms with E-state index in [1.807, 2.05) is 6.07 Å². The molecular formula is C29H23N7O7S. The van der Waals surface area contributed by atoms with E-state index in [1.165, 1.54) is 46.8 Å². The molecule has 2 aromatic heterocycles. The molecule has 0 aliphatic carbocycles. The van der Waals surface area contributed by atoms with E-state index in [0.29, 0.717) is 29.8 Å². The van der Waals surface area contributed by atoms with Gasteiger partial charge in [-0.2, -0.15) is 9.57 Å². The number of morpholine rings is 1. The summed E-state index contributed by atoms with van der Waals surface area (Å²) in [5, 5.41) is 19.1. The van der Waals surface area contributed by atoms with Crippen LogP contribution in [-0.2, 0) is 14.8 Å². The lowest BCUT2D eigenvalue weighted by atomic mass is 10.1. The molecule has 1 saturated heterocycles. The third-order valence-electron chi connectivity index (χ3n) is 6.95. The van der Waals surface area contributed by atoms with E-state index in [4.69, 9.17) is 4.74 Å². The van der Waals surface area contributed by atoms with Gasteiger partial charge in [0, 0.05) is 29.6 Å². The van der Waals surface area contributed by atoms with Gasteiger partial charge in [0.15, 0.2) is 5.82 Å². The zero-order valence-electron chi connectivity index (χ0n) is 22.8. The molecule has 3 aromatic carbocycles. The lowest BCUT2D eigenvalue weighted by Crippen LogP contribution is -2.40. The first-order valence-corrected chi connectivity index (χ1v) is 14.7. The number of carbonyl (C=O) groups excluding carboxylic acids is 2. The highest BCUT2D eigenvalue weighted by Crippen LogP contribution is 2.29. The zero-order chi connectivity index (χ0) is 30.8. The fourth-order valence-electron chi connectivity index (χ4n) is 4.77. The van der Waals surface area contributed by atoms with Crippen molar-refractivity contribution in [3.63, 3.8) is 0 Å². The number of benzene rings is 3. The maximum absolute atomic E-state index is 13.3. The topological polar surface area (TPSA) is 203 Å². The fraction of sp³-hybridized carbons (Fsp3) is 0.138. The summed E-state index contributed by atoms with van der Waals surface area (Å²) in [7, 11) is -3.80. The minimum absolute atomic E-state index is 0.000886. The largest absolute Gasteiger partial charge is 0.439 e. The Kier molecular flexibility index (Phi) is 7.53. The summed E-state index contributed by atoms with van der Waals surface area (Å²) >= 11 is 0. The summed E-state index contributed by atoms with van der Waals surface area (Å²) in [4.78, 5) is 43.4. The van der Waals surface area contributed by atoms with Gasteiger partial charge in [-0.1, -0.05) is 23.4 Å². The van der Waals surface area contributed by atoms with Crippen LogP contribution in [-0.4, -0.2) is 66.0 Å². The number of hydrogen-bond acceptors (Lipinski definition) is 9. The maximum atomic E-state index is 13.3. The Morgan fingerprint density at radius 1 is 0.932 bits per heavy atom. The molecule has 15 heteroatoms. The number of nitriles is 1. The van der Waals surface area contributed by atoms with Gasteiger partial charge in [0.05, 0.1) is 46.6 Å². The summed E-state index contributed by atoms with van der Waals surface area (Å²) in [5.74, 6) is -1.85. The van der Waals surface area contributed by atoms with Crippen LogP contribution in [0.4, 0.5) is 11.4 Å². The molecule has 3 heterocycles. The van der Waals surface area contributed by atoms with E-state index in [2.05, 4.69) is 30.3 Å². The monoisotopic (exact) mass is 613 g/mol. The molecule has 6 rings (SSSR count). The number of nitrogens with zero attached hydrogens (tertiary/aromatic N) is 3. The maximum Gasteiger partial charge on any atom is 0.439 e. The van der Waals surface area contributed by atoms with Crippen molar-refractivity contribution in [2.45, 2.75) is 4.90 Å². The van der Waals surface area contributed by atoms with Gasteiger partial charge in [0.1, 0.15) is 5.69 Å². The highest BCUT2D eigenvalue weighted by atomic mass is 32.2. The van der Waals surface area contributed by atoms with E-state index in [0.717, 1.165) is 0 Å². The summed E-state index contributed by atoms with van der Waals surface area (Å²) in [6.45, 7) is 1.07. The van der Waals surface area contributed by atoms with Crippen LogP contribution in [0, 0.1) is 11.3 Å². The number of sulfonamides is 1. The molecule has 14 nitrogen and oxygen atoms in total. The molecule has 0 unspecified atom stereocenters. The second kappa shape index (κ2) is 11.6. The number of aromatic nitrogens is 3. The molecule has 2 amide bonds. The average molecular weight is 614 g/mol. The summed E-state index contributed by atoms with van der Waals surface area (Å²) < 4.78 is 37.3. The van der Waals surface area contributed by atoms with Crippen LogP contribution in [0.1, 0.15) is 26.4 Å². The van der Waals surface area contributed by atoms with Crippen molar-refractivity contribution < 1.29 is 27.3 Å². The molecule has 5 aromatic rings. The molecule has 0 spiro atoms. The van der Waals surface area contributed by atoms with Crippen LogP contribution in [0.3, 0.4) is 0 Å². The number of para-hydroxylation sites is 1. The first-order valence-electron chi connectivity index (χ1n) is 13.3. The van der Waals surface area contributed by atoms with Crippen LogP contribution < -0.4 is 16.4 Å². The van der Waals surface area contributed by atoms with Gasteiger partial charge in [-0.05, 0) is 48.5 Å². The van der Waals surface area contributed by atoms with Gasteiger partial charge in [0.2, 0.25) is 10.0 Å². The predicted molar refractivity (Wildman–Crippen MR) is 157 cm³/mol. The summed E-state index contributed by atoms with van der Waals surface area (Å²) in [5.41, 5.74) is 1.93. The lowest BCUT2D eigenvalue weighted by Gasteiger charge is -2.26. The number of ether oxygens (including phenoxy) is 1. The number of aromatic amines is 2. The van der Waals surface area contributed by atoms with Crippen LogP contribution in [0.5, 0.6) is 0 Å². The number of carbonyl (C=O) groups is 2. The summed E-state index contributed by atoms with van der Waals surface area (Å²) in [6.07, 6.45) is 0. The van der Waals surface area contributed by atoms with Crippen LogP contribution in [0.25, 0.3) is 22.3 Å². The van der Waals surface area contributed by atoms with Crippen molar-refractivity contribution in [2.75, 3.05) is 36.9 Å². The van der Waals surface area contributed by atoms with Crippen LogP contribution in [0.15, 0.2) is 80.9 Å². The number of anilines is 2. The van der Waals surface area contributed by atoms with E-state index < -0.39 is 27.6 Å². The minimum atomic E-state index is -3.80. The molecular weight excluding hydrogens is 590 g/mol. The van der Waals surface area contributed by atoms with Crippen molar-refractivity contribution in [3.8, 4) is 17.5 Å². The lowest BCUT2D eigenvalue weighted by molar-refractivity contribution is 0.0730. The van der Waals surface area contributed by atoms with Crippen molar-refractivity contribution in [2.24, 2.45) is 0 Å². The Morgan fingerprint density at radius 3 is 2.45 bits per heavy atom. The molecule has 222 valence electrons. The molecule has 0 radical (unpaired) electrons. The van der Waals surface area contributed by atoms with Gasteiger partial charge < -0.3 is 20.4 Å². The Bertz CT molecular complexity index is 2120. The highest BCUT2D eigenvalue weighted by Gasteiger charge is 2.27. The predicted octanol–water partition coefficient (Wildman–Crippen LogP) is 2.91. The van der Waals surface area contributed by atoms with Gasteiger partial charge in [-0.3, -0.25) is 19.1 Å². The fourth-order valence-corrected chi connectivity index (χ4v) is 6.22. The van der Waals surface area contributed by atoms with E-state index in [-0.39, 0.29) is 51.9 Å². The molecule has 1 aliphatic rings. The van der Waals surface area contributed by atoms with E-state index in [1.54, 1.807) is 24.3 Å². The van der Waals surface area contributed by atoms with Crippen molar-refractivity contribution in [3.05, 3.63) is 94.1 Å². The minimum Gasteiger partial charge on any atom is -0.379 e. The molecule has 44 heavy (non-hydrogen) atoms. The number of hydrogen-bond donors (Lipinski definition) is 4. The SMILES string of the molecule is N#Cc1ccc(NC(=O)c2cc3cccc(NC(=O)c4cccc(S(=O)(=O)N5CCOCC5)c4)c3[nH]2)c(-c2noc(=O)[nH]2)c1. The van der Waals surface area contributed by atoms with Crippen molar-refractivity contribution in [1.29, 1.82) is 5.26 Å². The third kappa shape index (κ3) is 5.60. The molecule has 4 N–H and O–H groups in total. The number of nitrogens with one attached hydrogen (secondary N) is 4. The van der Waals surface area contributed by atoms with Crippen molar-refractivity contribution in [1.82, 2.24) is 19.4 Å². The first kappa shape index (κ1) is 28.6. The molecule has 0 bridgehead atoms. The third-order valence-corrected chi connectivity index (χ3v) is 8.84. The molecule has 0 atom stereocenters. The average Bonchev–Trinajstić information content (AvgIpc) is 3.69. The molecule has 1 fully saturated rings. The van der Waals surface area contributed by atoms with Crippen LogP contribution in [0.2, 0.25) is 0 Å². The first-order chi connectivity index (χ1) is 21.2. The Morgan fingerprint density at radius 2 is 1.70 bits per heavy atom. The zero-order valence-corrected chi connectivity index (χ0v) is 23.6. The Hall–Kier alpha value is -5.56. The van der Waals surface area contributed by atoms with E-state index in [9.17, 15) is 28.1 Å². The summed E-state index contributed by atoms with van der Waals surface area (Å²) in [6, 6.07) is 18.9. The van der Waals surface area contributed by atoms with Gasteiger partial charge in [-0.25, -0.2) is 13.2 Å². The highest BCUT2D eigenvalue weighted by molar-refractivity contribution is 7.89. The van der Waals surface area contributed by atoms with Crippen LogP contribution >= 0.6 is 0 Å². The van der Waals surface area contributed by atoms with Gasteiger partial charge in [0.25, 0.3) is 11.8 Å². The smallest absolute Gasteiger partial charge is 0.379 e. The second-order valence-electron chi connectivity index (χ2n) is 9.72. The number of H-pyrrole nitrogens is 2. The quantitative estimate of drug-likeness (QED) is 0.213. The second-order valence-corrected chi connectivity index (χ2v) is 11.7. The van der Waals surface area contributed by atoms with Gasteiger partial charge in [-0.15, -0.1) is 0 Å². The standard InChI is InChI=1S/C29H23N7O7S/c30-16-17-7-8-22(21(13-17)26-34-29(39)43-35-26)32-28(38)24-15-18-3-2-6-23(25(18)31-24)33-27(37)19-4-1-5-20(14-19)44(40,41)36-9-11-42-12-10-36/h1-8,13-15,31H,9-12H2,(H,32,38)(H,33,37)(H,34,35,39).